The van der Waals surface area contributed by atoms with Crippen LogP contribution in [0.15, 0.2) is 21.5 Å². The number of amides is 1. The van der Waals surface area contributed by atoms with Gasteiger partial charge < -0.3 is 10.1 Å². The Balaban J connectivity index is 2.90. The molecule has 1 aromatic rings. The third-order valence-electron chi connectivity index (χ3n) is 2.41. The maximum absolute atomic E-state index is 13.5. The number of hydrogen-bond acceptors (Lipinski definition) is 4. The zero-order valence-electron chi connectivity index (χ0n) is 11.5. The maximum atomic E-state index is 13.5. The molecule has 0 heterocycles. The van der Waals surface area contributed by atoms with Crippen LogP contribution in [0, 0.1) is 5.82 Å². The zero-order chi connectivity index (χ0) is 16.2. The average Bonchev–Trinajstić information content (AvgIpc) is 2.32. The molecule has 0 saturated heterocycles. The van der Waals surface area contributed by atoms with Crippen LogP contribution in [-0.2, 0) is 14.8 Å². The van der Waals surface area contributed by atoms with E-state index in [0.29, 0.717) is 6.61 Å². The second-order valence-corrected chi connectivity index (χ2v) is 6.87. The number of rotatable bonds is 6. The Labute approximate surface area is 131 Å². The van der Waals surface area contributed by atoms with Crippen LogP contribution in [0.3, 0.4) is 0 Å². The van der Waals surface area contributed by atoms with Gasteiger partial charge in [-0.05, 0) is 41.9 Å². The second-order valence-electron chi connectivity index (χ2n) is 4.48. The van der Waals surface area contributed by atoms with E-state index in [9.17, 15) is 17.6 Å². The van der Waals surface area contributed by atoms with E-state index in [-0.39, 0.29) is 22.7 Å². The van der Waals surface area contributed by atoms with Crippen molar-refractivity contribution in [3.05, 3.63) is 28.0 Å². The molecule has 0 bridgehead atoms. The fraction of sp³-hybridized carbons (Fsp3) is 0.417. The third kappa shape index (κ3) is 5.34. The summed E-state index contributed by atoms with van der Waals surface area (Å²) in [5.41, 5.74) is -0.0232. The van der Waals surface area contributed by atoms with Crippen molar-refractivity contribution in [2.24, 2.45) is 5.14 Å². The summed E-state index contributed by atoms with van der Waals surface area (Å²) in [4.78, 5) is 11.2. The number of hydrogen-bond donors (Lipinski definition) is 2. The molecule has 21 heavy (non-hydrogen) atoms. The van der Waals surface area contributed by atoms with E-state index in [1.165, 1.54) is 0 Å². The fourth-order valence-corrected chi connectivity index (χ4v) is 2.58. The van der Waals surface area contributed by atoms with Gasteiger partial charge in [0.2, 0.25) is 10.0 Å². The Morgan fingerprint density at radius 1 is 1.48 bits per heavy atom. The first-order valence-corrected chi connectivity index (χ1v) is 8.38. The predicted octanol–water partition coefficient (Wildman–Crippen LogP) is 1.39. The molecule has 0 unspecified atom stereocenters. The summed E-state index contributed by atoms with van der Waals surface area (Å²) >= 11 is 3.01. The molecule has 9 heteroatoms. The molecule has 3 N–H and O–H groups in total. The van der Waals surface area contributed by atoms with Crippen molar-refractivity contribution in [1.29, 1.82) is 0 Å². The van der Waals surface area contributed by atoms with E-state index < -0.39 is 26.6 Å². The molecule has 0 aliphatic heterocycles. The minimum Gasteiger partial charge on any atom is -0.377 e. The lowest BCUT2D eigenvalue weighted by atomic mass is 10.2. The summed E-state index contributed by atoms with van der Waals surface area (Å²) in [6.07, 6.45) is 0.0356. The van der Waals surface area contributed by atoms with E-state index in [1.807, 2.05) is 13.8 Å². The highest BCUT2D eigenvalue weighted by molar-refractivity contribution is 9.10. The van der Waals surface area contributed by atoms with Gasteiger partial charge in [-0.25, -0.2) is 17.9 Å². The summed E-state index contributed by atoms with van der Waals surface area (Å²) in [6, 6.07) is 1.78. The van der Waals surface area contributed by atoms with Crippen molar-refractivity contribution in [3.63, 3.8) is 0 Å². The van der Waals surface area contributed by atoms with Gasteiger partial charge >= 0.3 is 0 Å². The van der Waals surface area contributed by atoms with Gasteiger partial charge in [-0.15, -0.1) is 0 Å². The molecule has 6 nitrogen and oxygen atoms in total. The van der Waals surface area contributed by atoms with Crippen LogP contribution in [0.1, 0.15) is 24.2 Å². The number of carbonyl (C=O) groups is 1. The number of ether oxygens (including phenoxy) is 1. The van der Waals surface area contributed by atoms with Gasteiger partial charge in [0.15, 0.2) is 0 Å². The van der Waals surface area contributed by atoms with Crippen molar-refractivity contribution in [1.82, 2.24) is 5.32 Å². The van der Waals surface area contributed by atoms with Crippen molar-refractivity contribution in [2.75, 3.05) is 13.2 Å². The standard InChI is InChI=1S/C12H16BrFN2O4S/c1-7(2)20-4-3-16-12(17)8-5-11(21(15,18)19)10(14)6-9(8)13/h5-7H,3-4H2,1-2H3,(H,16,17)(H2,15,18,19). The Kier molecular flexibility index (Phi) is 6.26. The SMILES string of the molecule is CC(C)OCCNC(=O)c1cc(S(N)(=O)=O)c(F)cc1Br. The lowest BCUT2D eigenvalue weighted by molar-refractivity contribution is 0.0746. The minimum absolute atomic E-state index is 0.0232. The van der Waals surface area contributed by atoms with E-state index in [1.54, 1.807) is 0 Å². The summed E-state index contributed by atoms with van der Waals surface area (Å²) in [7, 11) is -4.24. The van der Waals surface area contributed by atoms with E-state index >= 15 is 0 Å². The Bertz CT molecular complexity index is 634. The Hall–Kier alpha value is -1.03. The highest BCUT2D eigenvalue weighted by Crippen LogP contribution is 2.23. The van der Waals surface area contributed by atoms with Crippen LogP contribution >= 0.6 is 15.9 Å². The highest BCUT2D eigenvalue weighted by Gasteiger charge is 2.20. The molecule has 1 amide bonds. The van der Waals surface area contributed by atoms with Crippen molar-refractivity contribution in [2.45, 2.75) is 24.8 Å². The molecule has 0 aliphatic rings. The Morgan fingerprint density at radius 3 is 2.62 bits per heavy atom. The quantitative estimate of drug-likeness (QED) is 0.726. The summed E-state index contributed by atoms with van der Waals surface area (Å²) < 4.78 is 41.4. The fourth-order valence-electron chi connectivity index (χ4n) is 1.48. The van der Waals surface area contributed by atoms with Crippen LogP contribution in [0.5, 0.6) is 0 Å². The van der Waals surface area contributed by atoms with E-state index in [0.717, 1.165) is 12.1 Å². The largest absolute Gasteiger partial charge is 0.377 e. The van der Waals surface area contributed by atoms with E-state index in [4.69, 9.17) is 9.88 Å². The first-order valence-electron chi connectivity index (χ1n) is 6.04. The number of halogens is 2. The van der Waals surface area contributed by atoms with Gasteiger partial charge in [-0.2, -0.15) is 0 Å². The van der Waals surface area contributed by atoms with Crippen LogP contribution in [0.25, 0.3) is 0 Å². The maximum Gasteiger partial charge on any atom is 0.252 e. The van der Waals surface area contributed by atoms with Crippen molar-refractivity contribution < 1.29 is 22.3 Å². The number of nitrogens with one attached hydrogen (secondary N) is 1. The van der Waals surface area contributed by atoms with Gasteiger partial charge in [0.05, 0.1) is 18.3 Å². The summed E-state index contributed by atoms with van der Waals surface area (Å²) in [6.45, 7) is 4.27. The zero-order valence-corrected chi connectivity index (χ0v) is 13.9. The predicted molar refractivity (Wildman–Crippen MR) is 78.9 cm³/mol. The molecule has 1 aromatic carbocycles. The van der Waals surface area contributed by atoms with Gasteiger partial charge in [-0.1, -0.05) is 0 Å². The van der Waals surface area contributed by atoms with E-state index in [2.05, 4.69) is 21.2 Å². The number of primary sulfonamides is 1. The highest BCUT2D eigenvalue weighted by atomic mass is 79.9. The average molecular weight is 383 g/mol. The van der Waals surface area contributed by atoms with Gasteiger partial charge in [0.25, 0.3) is 5.91 Å². The second kappa shape index (κ2) is 7.30. The smallest absolute Gasteiger partial charge is 0.252 e. The van der Waals surface area contributed by atoms with Gasteiger partial charge in [0, 0.05) is 11.0 Å². The number of carbonyl (C=O) groups excluding carboxylic acids is 1. The molecular formula is C12H16BrFN2O4S. The molecule has 0 aromatic heterocycles. The topological polar surface area (TPSA) is 98.5 Å². The van der Waals surface area contributed by atoms with Crippen LogP contribution < -0.4 is 10.5 Å². The molecule has 118 valence electrons. The Morgan fingerprint density at radius 2 is 2.10 bits per heavy atom. The first-order chi connectivity index (χ1) is 9.62. The van der Waals surface area contributed by atoms with Crippen LogP contribution in [-0.4, -0.2) is 33.6 Å². The minimum atomic E-state index is -4.24. The number of nitrogens with two attached hydrogens (primary N) is 1. The molecule has 0 fully saturated rings. The molecule has 0 radical (unpaired) electrons. The van der Waals surface area contributed by atoms with Gasteiger partial charge in [0.1, 0.15) is 10.7 Å². The lowest BCUT2D eigenvalue weighted by Gasteiger charge is -2.10. The van der Waals surface area contributed by atoms with Crippen LogP contribution in [0.2, 0.25) is 0 Å². The first kappa shape index (κ1) is 18.0. The molecule has 0 aliphatic carbocycles. The third-order valence-corrected chi connectivity index (χ3v) is 3.99. The van der Waals surface area contributed by atoms with Crippen molar-refractivity contribution >= 4 is 31.9 Å². The van der Waals surface area contributed by atoms with Crippen LogP contribution in [0.4, 0.5) is 4.39 Å². The van der Waals surface area contributed by atoms with Gasteiger partial charge in [-0.3, -0.25) is 4.79 Å². The summed E-state index contributed by atoms with van der Waals surface area (Å²) in [5, 5.41) is 7.44. The van der Waals surface area contributed by atoms with Crippen molar-refractivity contribution in [3.8, 4) is 0 Å². The molecule has 0 atom stereocenters. The number of benzene rings is 1. The lowest BCUT2D eigenvalue weighted by Crippen LogP contribution is -2.28. The normalized spacial score (nSPS) is 11.7. The molecule has 0 saturated carbocycles. The molecule has 0 spiro atoms. The monoisotopic (exact) mass is 382 g/mol. The summed E-state index contributed by atoms with van der Waals surface area (Å²) in [5.74, 6) is -1.58. The molecular weight excluding hydrogens is 367 g/mol. The number of sulfonamides is 1. The molecule has 1 rings (SSSR count).